The average Bonchev–Trinajstić information content (AvgIpc) is 2.18. The Hall–Kier alpha value is -0.820. The van der Waals surface area contributed by atoms with Crippen molar-refractivity contribution in [2.24, 2.45) is 0 Å². The molecule has 72 valence electrons. The molecule has 1 heteroatoms. The minimum atomic E-state index is 1.10. The SMILES string of the molecule is CCc1c(C)cc(Br)c2ccccc12. The fourth-order valence-electron chi connectivity index (χ4n) is 1.99. The van der Waals surface area contributed by atoms with Gasteiger partial charge >= 0.3 is 0 Å². The first kappa shape index (κ1) is 9.72. The molecule has 2 aromatic rings. The number of halogens is 1. The van der Waals surface area contributed by atoms with Crippen molar-refractivity contribution < 1.29 is 0 Å². The summed E-state index contributed by atoms with van der Waals surface area (Å²) in [5.41, 5.74) is 2.84. The van der Waals surface area contributed by atoms with Gasteiger partial charge in [0, 0.05) is 4.47 Å². The molecule has 0 heterocycles. The van der Waals surface area contributed by atoms with Crippen LogP contribution >= 0.6 is 15.9 Å². The van der Waals surface area contributed by atoms with Crippen LogP contribution in [0.5, 0.6) is 0 Å². The Morgan fingerprint density at radius 1 is 1.14 bits per heavy atom. The van der Waals surface area contributed by atoms with Crippen molar-refractivity contribution in [3.63, 3.8) is 0 Å². The molecule has 0 bridgehead atoms. The lowest BCUT2D eigenvalue weighted by Crippen LogP contribution is -1.89. The number of aryl methyl sites for hydroxylation is 2. The molecule has 0 spiro atoms. The molecule has 0 fully saturated rings. The van der Waals surface area contributed by atoms with Gasteiger partial charge in [-0.05, 0) is 41.3 Å². The molecule has 2 aromatic carbocycles. The van der Waals surface area contributed by atoms with E-state index < -0.39 is 0 Å². The van der Waals surface area contributed by atoms with Crippen molar-refractivity contribution >= 4 is 26.7 Å². The number of hydrogen-bond acceptors (Lipinski definition) is 0. The van der Waals surface area contributed by atoms with Crippen molar-refractivity contribution in [2.45, 2.75) is 20.3 Å². The van der Waals surface area contributed by atoms with E-state index in [-0.39, 0.29) is 0 Å². The highest BCUT2D eigenvalue weighted by Crippen LogP contribution is 2.29. The maximum Gasteiger partial charge on any atom is 0.0256 e. The highest BCUT2D eigenvalue weighted by molar-refractivity contribution is 9.10. The topological polar surface area (TPSA) is 0 Å². The molecular weight excluding hydrogens is 236 g/mol. The van der Waals surface area contributed by atoms with Gasteiger partial charge in [0.15, 0.2) is 0 Å². The van der Waals surface area contributed by atoms with Crippen molar-refractivity contribution in [3.8, 4) is 0 Å². The van der Waals surface area contributed by atoms with Gasteiger partial charge in [-0.15, -0.1) is 0 Å². The first-order valence-corrected chi connectivity index (χ1v) is 5.70. The number of benzene rings is 2. The van der Waals surface area contributed by atoms with Crippen LogP contribution in [0.1, 0.15) is 18.1 Å². The largest absolute Gasteiger partial charge is 0.0616 e. The van der Waals surface area contributed by atoms with Crippen LogP contribution in [0, 0.1) is 6.92 Å². The average molecular weight is 249 g/mol. The van der Waals surface area contributed by atoms with Gasteiger partial charge in [0.25, 0.3) is 0 Å². The Balaban J connectivity index is 2.90. The van der Waals surface area contributed by atoms with Gasteiger partial charge < -0.3 is 0 Å². The fourth-order valence-corrected chi connectivity index (χ4v) is 2.68. The molecule has 14 heavy (non-hydrogen) atoms. The summed E-state index contributed by atoms with van der Waals surface area (Å²) < 4.78 is 1.20. The number of rotatable bonds is 1. The summed E-state index contributed by atoms with van der Waals surface area (Å²) in [5, 5.41) is 2.69. The van der Waals surface area contributed by atoms with Crippen LogP contribution < -0.4 is 0 Å². The van der Waals surface area contributed by atoms with Crippen molar-refractivity contribution in [1.82, 2.24) is 0 Å². The Bertz CT molecular complexity index is 472. The Morgan fingerprint density at radius 2 is 1.79 bits per heavy atom. The van der Waals surface area contributed by atoms with Crippen molar-refractivity contribution in [2.75, 3.05) is 0 Å². The predicted molar refractivity (Wildman–Crippen MR) is 65.8 cm³/mol. The van der Waals surface area contributed by atoms with E-state index in [1.807, 2.05) is 0 Å². The lowest BCUT2D eigenvalue weighted by molar-refractivity contribution is 1.13. The summed E-state index contributed by atoms with van der Waals surface area (Å²) >= 11 is 3.61. The third kappa shape index (κ3) is 1.46. The lowest BCUT2D eigenvalue weighted by atomic mass is 9.98. The van der Waals surface area contributed by atoms with E-state index in [9.17, 15) is 0 Å². The van der Waals surface area contributed by atoms with Crippen molar-refractivity contribution in [3.05, 3.63) is 45.9 Å². The van der Waals surface area contributed by atoms with Crippen LogP contribution in [-0.2, 0) is 6.42 Å². The summed E-state index contributed by atoms with van der Waals surface area (Å²) in [4.78, 5) is 0. The Kier molecular flexibility index (Phi) is 2.60. The molecule has 0 atom stereocenters. The summed E-state index contributed by atoms with van der Waals surface area (Å²) in [6.07, 6.45) is 1.10. The third-order valence-electron chi connectivity index (χ3n) is 2.68. The zero-order valence-corrected chi connectivity index (χ0v) is 10.1. The van der Waals surface area contributed by atoms with Crippen LogP contribution in [-0.4, -0.2) is 0 Å². The Morgan fingerprint density at radius 3 is 2.43 bits per heavy atom. The quantitative estimate of drug-likeness (QED) is 0.699. The van der Waals surface area contributed by atoms with Crippen LogP contribution in [0.2, 0.25) is 0 Å². The zero-order valence-electron chi connectivity index (χ0n) is 8.47. The van der Waals surface area contributed by atoms with E-state index in [0.29, 0.717) is 0 Å². The van der Waals surface area contributed by atoms with Gasteiger partial charge in [0.1, 0.15) is 0 Å². The summed E-state index contributed by atoms with van der Waals surface area (Å²) in [6.45, 7) is 4.39. The van der Waals surface area contributed by atoms with Gasteiger partial charge in [0.2, 0.25) is 0 Å². The van der Waals surface area contributed by atoms with Crippen LogP contribution in [0.3, 0.4) is 0 Å². The maximum absolute atomic E-state index is 3.61. The van der Waals surface area contributed by atoms with E-state index in [2.05, 4.69) is 60.1 Å². The molecular formula is C13H13Br. The predicted octanol–water partition coefficient (Wildman–Crippen LogP) is 4.47. The van der Waals surface area contributed by atoms with E-state index in [4.69, 9.17) is 0 Å². The molecule has 0 saturated heterocycles. The molecule has 0 N–H and O–H groups in total. The second-order valence-electron chi connectivity index (χ2n) is 3.55. The molecule has 0 amide bonds. The second kappa shape index (κ2) is 3.74. The summed E-state index contributed by atoms with van der Waals surface area (Å²) in [6, 6.07) is 10.8. The number of fused-ring (bicyclic) bond motifs is 1. The van der Waals surface area contributed by atoms with Crippen LogP contribution in [0.15, 0.2) is 34.8 Å². The van der Waals surface area contributed by atoms with Gasteiger partial charge in [-0.1, -0.05) is 47.1 Å². The molecule has 0 saturated carbocycles. The minimum Gasteiger partial charge on any atom is -0.0616 e. The lowest BCUT2D eigenvalue weighted by Gasteiger charge is -2.09. The summed E-state index contributed by atoms with van der Waals surface area (Å²) in [5.74, 6) is 0. The normalized spacial score (nSPS) is 10.8. The standard InChI is InChI=1S/C13H13Br/c1-3-10-9(2)8-13(14)12-7-5-4-6-11(10)12/h4-8H,3H2,1-2H3. The first-order chi connectivity index (χ1) is 6.74. The number of hydrogen-bond donors (Lipinski definition) is 0. The van der Waals surface area contributed by atoms with Gasteiger partial charge in [0.05, 0.1) is 0 Å². The third-order valence-corrected chi connectivity index (χ3v) is 3.34. The Labute approximate surface area is 93.1 Å². The monoisotopic (exact) mass is 248 g/mol. The molecule has 0 radical (unpaired) electrons. The summed E-state index contributed by atoms with van der Waals surface area (Å²) in [7, 11) is 0. The highest BCUT2D eigenvalue weighted by atomic mass is 79.9. The van der Waals surface area contributed by atoms with Crippen LogP contribution in [0.25, 0.3) is 10.8 Å². The van der Waals surface area contributed by atoms with Gasteiger partial charge in [-0.25, -0.2) is 0 Å². The van der Waals surface area contributed by atoms with Gasteiger partial charge in [-0.2, -0.15) is 0 Å². The molecule has 0 aromatic heterocycles. The van der Waals surface area contributed by atoms with Gasteiger partial charge in [-0.3, -0.25) is 0 Å². The highest BCUT2D eigenvalue weighted by Gasteiger charge is 2.05. The molecule has 0 aliphatic heterocycles. The van der Waals surface area contributed by atoms with Crippen LogP contribution in [0.4, 0.5) is 0 Å². The molecule has 2 rings (SSSR count). The minimum absolute atomic E-state index is 1.10. The maximum atomic E-state index is 3.61. The van der Waals surface area contributed by atoms with Crippen molar-refractivity contribution in [1.29, 1.82) is 0 Å². The molecule has 0 aliphatic carbocycles. The molecule has 0 nitrogen and oxygen atoms in total. The molecule has 0 unspecified atom stereocenters. The first-order valence-electron chi connectivity index (χ1n) is 4.90. The zero-order chi connectivity index (χ0) is 10.1. The van der Waals surface area contributed by atoms with E-state index in [1.54, 1.807) is 0 Å². The van der Waals surface area contributed by atoms with E-state index in [0.717, 1.165) is 6.42 Å². The fraction of sp³-hybridized carbons (Fsp3) is 0.231. The second-order valence-corrected chi connectivity index (χ2v) is 4.41. The molecule has 0 aliphatic rings. The smallest absolute Gasteiger partial charge is 0.0256 e. The van der Waals surface area contributed by atoms with E-state index in [1.165, 1.54) is 26.4 Å². The van der Waals surface area contributed by atoms with E-state index >= 15 is 0 Å².